The molecule has 2 amide bonds. The van der Waals surface area contributed by atoms with Crippen molar-refractivity contribution in [3.8, 4) is 11.5 Å². The number of amides is 2. The van der Waals surface area contributed by atoms with Crippen molar-refractivity contribution in [2.75, 3.05) is 13.2 Å². The highest BCUT2D eigenvalue weighted by molar-refractivity contribution is 9.10. The van der Waals surface area contributed by atoms with Gasteiger partial charge in [0.15, 0.2) is 0 Å². The number of ether oxygens (including phenoxy) is 2. The molecule has 0 N–H and O–H groups in total. The number of benzene rings is 3. The molecule has 0 aliphatic carbocycles. The molecule has 1 saturated heterocycles. The number of esters is 1. The van der Waals surface area contributed by atoms with E-state index in [1.54, 1.807) is 60.7 Å². The second-order valence-electron chi connectivity index (χ2n) is 7.57. The van der Waals surface area contributed by atoms with Crippen LogP contribution in [0.5, 0.6) is 11.5 Å². The number of hydrogen-bond donors (Lipinski definition) is 0. The molecule has 1 fully saturated rings. The third-order valence-electron chi connectivity index (χ3n) is 5.02. The van der Waals surface area contributed by atoms with E-state index >= 15 is 0 Å². The van der Waals surface area contributed by atoms with Crippen molar-refractivity contribution in [2.24, 2.45) is 0 Å². The van der Waals surface area contributed by atoms with Gasteiger partial charge in [0, 0.05) is 15.1 Å². The molecule has 3 aromatic carbocycles. The standard InChI is InChI=1S/C26H19BrClNO5S/c1-16-2-4-17(5-3-16)25(31)34-22-11-6-19(27)14-18(22)15-23-24(30)29(26(32)35-23)12-13-33-21-9-7-20(28)8-10-21/h2-11,14-15H,12-13H2,1H3/b23-15-. The van der Waals surface area contributed by atoms with Crippen LogP contribution in [-0.2, 0) is 4.79 Å². The van der Waals surface area contributed by atoms with Gasteiger partial charge in [0.05, 0.1) is 17.0 Å². The van der Waals surface area contributed by atoms with Gasteiger partial charge >= 0.3 is 5.97 Å². The summed E-state index contributed by atoms with van der Waals surface area (Å²) in [6, 6.07) is 18.9. The molecule has 0 atom stereocenters. The van der Waals surface area contributed by atoms with Crippen LogP contribution in [0.2, 0.25) is 5.02 Å². The maximum Gasteiger partial charge on any atom is 0.343 e. The maximum atomic E-state index is 12.9. The Morgan fingerprint density at radius 2 is 1.77 bits per heavy atom. The Morgan fingerprint density at radius 3 is 2.49 bits per heavy atom. The van der Waals surface area contributed by atoms with Crippen LogP contribution < -0.4 is 9.47 Å². The van der Waals surface area contributed by atoms with Crippen molar-refractivity contribution in [1.29, 1.82) is 0 Å². The summed E-state index contributed by atoms with van der Waals surface area (Å²) in [7, 11) is 0. The minimum absolute atomic E-state index is 0.0956. The number of halogens is 2. The number of nitrogens with zero attached hydrogens (tertiary/aromatic N) is 1. The van der Waals surface area contributed by atoms with E-state index in [1.807, 2.05) is 19.1 Å². The van der Waals surface area contributed by atoms with E-state index in [9.17, 15) is 14.4 Å². The molecule has 0 aromatic heterocycles. The molecular formula is C26H19BrClNO5S. The summed E-state index contributed by atoms with van der Waals surface area (Å²) in [5.74, 6) is -0.0901. The fourth-order valence-electron chi connectivity index (χ4n) is 3.19. The van der Waals surface area contributed by atoms with E-state index in [0.717, 1.165) is 26.7 Å². The lowest BCUT2D eigenvalue weighted by Gasteiger charge is -2.13. The summed E-state index contributed by atoms with van der Waals surface area (Å²) >= 11 is 10.1. The van der Waals surface area contributed by atoms with Crippen LogP contribution in [0.4, 0.5) is 4.79 Å². The van der Waals surface area contributed by atoms with Gasteiger partial charge in [0.2, 0.25) is 0 Å². The first-order valence-corrected chi connectivity index (χ1v) is 12.5. The largest absolute Gasteiger partial charge is 0.492 e. The first-order valence-electron chi connectivity index (χ1n) is 10.5. The normalized spacial score (nSPS) is 14.5. The Hall–Kier alpha value is -3.07. The van der Waals surface area contributed by atoms with Crippen LogP contribution in [0.25, 0.3) is 6.08 Å². The predicted octanol–water partition coefficient (Wildman–Crippen LogP) is 6.75. The molecular weight excluding hydrogens is 554 g/mol. The van der Waals surface area contributed by atoms with Crippen molar-refractivity contribution in [3.63, 3.8) is 0 Å². The molecule has 35 heavy (non-hydrogen) atoms. The summed E-state index contributed by atoms with van der Waals surface area (Å²) in [5, 5.41) is 0.194. The van der Waals surface area contributed by atoms with Gasteiger partial charge in [0.1, 0.15) is 18.1 Å². The van der Waals surface area contributed by atoms with Crippen molar-refractivity contribution in [2.45, 2.75) is 6.92 Å². The molecule has 1 aliphatic heterocycles. The Labute approximate surface area is 220 Å². The van der Waals surface area contributed by atoms with Crippen LogP contribution in [0.3, 0.4) is 0 Å². The fraction of sp³-hybridized carbons (Fsp3) is 0.115. The molecule has 178 valence electrons. The average Bonchev–Trinajstić information content (AvgIpc) is 3.09. The third kappa shape index (κ3) is 6.33. The van der Waals surface area contributed by atoms with Crippen molar-refractivity contribution in [1.82, 2.24) is 4.90 Å². The monoisotopic (exact) mass is 571 g/mol. The number of aryl methyl sites for hydroxylation is 1. The molecule has 0 radical (unpaired) electrons. The molecule has 0 unspecified atom stereocenters. The van der Waals surface area contributed by atoms with Gasteiger partial charge in [-0.3, -0.25) is 14.5 Å². The van der Waals surface area contributed by atoms with Crippen LogP contribution in [0.15, 0.2) is 76.1 Å². The molecule has 9 heteroatoms. The van der Waals surface area contributed by atoms with Gasteiger partial charge < -0.3 is 9.47 Å². The second kappa shape index (κ2) is 11.1. The quantitative estimate of drug-likeness (QED) is 0.177. The van der Waals surface area contributed by atoms with E-state index in [2.05, 4.69) is 15.9 Å². The molecule has 3 aromatic rings. The number of carbonyl (C=O) groups excluding carboxylic acids is 3. The zero-order valence-corrected chi connectivity index (χ0v) is 21.7. The minimum Gasteiger partial charge on any atom is -0.492 e. The van der Waals surface area contributed by atoms with E-state index in [-0.39, 0.29) is 23.8 Å². The van der Waals surface area contributed by atoms with Crippen LogP contribution >= 0.6 is 39.3 Å². The molecule has 0 bridgehead atoms. The van der Waals surface area contributed by atoms with E-state index in [4.69, 9.17) is 21.1 Å². The molecule has 1 aliphatic rings. The summed E-state index contributed by atoms with van der Waals surface area (Å²) in [4.78, 5) is 39.3. The predicted molar refractivity (Wildman–Crippen MR) is 140 cm³/mol. The number of imide groups is 1. The van der Waals surface area contributed by atoms with Gasteiger partial charge in [-0.05, 0) is 79.4 Å². The first kappa shape index (κ1) is 25.0. The second-order valence-corrected chi connectivity index (χ2v) is 9.92. The summed E-state index contributed by atoms with van der Waals surface area (Å²) < 4.78 is 11.9. The number of hydrogen-bond acceptors (Lipinski definition) is 6. The zero-order valence-electron chi connectivity index (χ0n) is 18.5. The first-order chi connectivity index (χ1) is 16.8. The molecule has 0 spiro atoms. The number of thioether (sulfide) groups is 1. The van der Waals surface area contributed by atoms with Gasteiger partial charge in [-0.15, -0.1) is 0 Å². The molecule has 6 nitrogen and oxygen atoms in total. The Morgan fingerprint density at radius 1 is 1.06 bits per heavy atom. The van der Waals surface area contributed by atoms with E-state index < -0.39 is 17.1 Å². The maximum absolute atomic E-state index is 12.9. The third-order valence-corrected chi connectivity index (χ3v) is 6.67. The van der Waals surface area contributed by atoms with Crippen LogP contribution in [0.1, 0.15) is 21.5 Å². The van der Waals surface area contributed by atoms with Crippen LogP contribution in [0, 0.1) is 6.92 Å². The van der Waals surface area contributed by atoms with Crippen molar-refractivity contribution < 1.29 is 23.9 Å². The lowest BCUT2D eigenvalue weighted by atomic mass is 10.1. The highest BCUT2D eigenvalue weighted by atomic mass is 79.9. The lowest BCUT2D eigenvalue weighted by molar-refractivity contribution is -0.123. The highest BCUT2D eigenvalue weighted by Crippen LogP contribution is 2.35. The van der Waals surface area contributed by atoms with Crippen molar-refractivity contribution >= 4 is 62.5 Å². The average molecular weight is 573 g/mol. The number of carbonyl (C=O) groups is 3. The molecule has 4 rings (SSSR count). The SMILES string of the molecule is Cc1ccc(C(=O)Oc2ccc(Br)cc2/C=C2\SC(=O)N(CCOc3ccc(Cl)cc3)C2=O)cc1. The van der Waals surface area contributed by atoms with Gasteiger partial charge in [-0.25, -0.2) is 4.79 Å². The molecule has 1 heterocycles. The van der Waals surface area contributed by atoms with E-state index in [1.165, 1.54) is 0 Å². The summed E-state index contributed by atoms with van der Waals surface area (Å²) in [5.41, 5.74) is 1.92. The van der Waals surface area contributed by atoms with Crippen LogP contribution in [-0.4, -0.2) is 35.2 Å². The van der Waals surface area contributed by atoms with Gasteiger partial charge in [0.25, 0.3) is 11.1 Å². The van der Waals surface area contributed by atoms with Crippen molar-refractivity contribution in [3.05, 3.63) is 97.8 Å². The summed E-state index contributed by atoms with van der Waals surface area (Å²) in [6.45, 7) is 2.17. The Balaban J connectivity index is 1.47. The zero-order chi connectivity index (χ0) is 24.9. The Kier molecular flexibility index (Phi) is 7.95. The Bertz CT molecular complexity index is 1310. The lowest BCUT2D eigenvalue weighted by Crippen LogP contribution is -2.32. The fourth-order valence-corrected chi connectivity index (χ4v) is 4.55. The highest BCUT2D eigenvalue weighted by Gasteiger charge is 2.35. The van der Waals surface area contributed by atoms with Gasteiger partial charge in [-0.1, -0.05) is 45.2 Å². The summed E-state index contributed by atoms with van der Waals surface area (Å²) in [6.07, 6.45) is 1.55. The smallest absolute Gasteiger partial charge is 0.343 e. The van der Waals surface area contributed by atoms with Gasteiger partial charge in [-0.2, -0.15) is 0 Å². The minimum atomic E-state index is -0.519. The number of rotatable bonds is 7. The molecule has 0 saturated carbocycles. The topological polar surface area (TPSA) is 72.9 Å². The van der Waals surface area contributed by atoms with E-state index in [0.29, 0.717) is 21.9 Å².